The predicted molar refractivity (Wildman–Crippen MR) is 68.0 cm³/mol. The quantitative estimate of drug-likeness (QED) is 0.716. The van der Waals surface area contributed by atoms with Gasteiger partial charge < -0.3 is 4.57 Å². The van der Waals surface area contributed by atoms with Gasteiger partial charge in [0.15, 0.2) is 0 Å². The van der Waals surface area contributed by atoms with Gasteiger partial charge in [-0.25, -0.2) is 0 Å². The molecule has 2 rings (SSSR count). The molecule has 0 fully saturated rings. The predicted octanol–water partition coefficient (Wildman–Crippen LogP) is 2.97. The van der Waals surface area contributed by atoms with Gasteiger partial charge in [-0.2, -0.15) is 0 Å². The molecule has 0 aliphatic rings. The first-order valence-corrected chi connectivity index (χ1v) is 5.60. The van der Waals surface area contributed by atoms with Crippen LogP contribution >= 0.6 is 0 Å². The van der Waals surface area contributed by atoms with Crippen LogP contribution in [-0.4, -0.2) is 4.57 Å². The number of fused-ring (bicyclic) bond motifs is 1. The molecular formula is C14H17NO. The fourth-order valence-electron chi connectivity index (χ4n) is 2.07. The van der Waals surface area contributed by atoms with E-state index in [9.17, 15) is 4.79 Å². The molecule has 2 nitrogen and oxygen atoms in total. The van der Waals surface area contributed by atoms with Crippen LogP contribution < -0.4 is 5.56 Å². The van der Waals surface area contributed by atoms with E-state index in [1.807, 2.05) is 26.2 Å². The van der Waals surface area contributed by atoms with Crippen molar-refractivity contribution < 1.29 is 0 Å². The second-order valence-corrected chi connectivity index (χ2v) is 4.70. The van der Waals surface area contributed by atoms with Crippen LogP contribution in [0, 0.1) is 6.92 Å². The molecule has 1 heterocycles. The second-order valence-electron chi connectivity index (χ2n) is 4.70. The summed E-state index contributed by atoms with van der Waals surface area (Å²) >= 11 is 0. The summed E-state index contributed by atoms with van der Waals surface area (Å²) in [5.41, 5.74) is 2.45. The van der Waals surface area contributed by atoms with Gasteiger partial charge in [0.2, 0.25) is 0 Å². The van der Waals surface area contributed by atoms with Crippen LogP contribution in [-0.2, 0) is 7.05 Å². The van der Waals surface area contributed by atoms with Crippen LogP contribution in [0.5, 0.6) is 0 Å². The van der Waals surface area contributed by atoms with Crippen LogP contribution in [0.1, 0.15) is 30.9 Å². The Labute approximate surface area is 95.5 Å². The van der Waals surface area contributed by atoms with Crippen LogP contribution in [0.4, 0.5) is 0 Å². The van der Waals surface area contributed by atoms with E-state index in [0.717, 1.165) is 16.3 Å². The molecule has 0 aliphatic carbocycles. The first-order valence-electron chi connectivity index (χ1n) is 5.60. The maximum Gasteiger partial charge on any atom is 0.258 e. The molecule has 0 aliphatic heterocycles. The third-order valence-corrected chi connectivity index (χ3v) is 2.99. The smallest absolute Gasteiger partial charge is 0.258 e. The van der Waals surface area contributed by atoms with Crippen molar-refractivity contribution in [1.29, 1.82) is 0 Å². The highest BCUT2D eigenvalue weighted by Gasteiger charge is 2.09. The molecule has 0 bridgehead atoms. The largest absolute Gasteiger partial charge is 0.318 e. The Hall–Kier alpha value is -1.57. The van der Waals surface area contributed by atoms with Crippen LogP contribution in [0.3, 0.4) is 0 Å². The Morgan fingerprint density at radius 2 is 1.88 bits per heavy atom. The number of rotatable bonds is 1. The minimum absolute atomic E-state index is 0.0862. The maximum absolute atomic E-state index is 12.0. The van der Waals surface area contributed by atoms with Crippen molar-refractivity contribution in [1.82, 2.24) is 4.57 Å². The third-order valence-electron chi connectivity index (χ3n) is 2.99. The average molecular weight is 215 g/mol. The topological polar surface area (TPSA) is 22.0 Å². The number of benzene rings is 1. The van der Waals surface area contributed by atoms with Gasteiger partial charge in [0.25, 0.3) is 5.56 Å². The van der Waals surface area contributed by atoms with E-state index in [2.05, 4.69) is 26.0 Å². The number of hydrogen-bond acceptors (Lipinski definition) is 1. The van der Waals surface area contributed by atoms with Gasteiger partial charge in [-0.3, -0.25) is 4.79 Å². The van der Waals surface area contributed by atoms with E-state index in [4.69, 9.17) is 0 Å². The van der Waals surface area contributed by atoms with Crippen molar-refractivity contribution in [2.24, 2.45) is 7.05 Å². The fraction of sp³-hybridized carbons (Fsp3) is 0.357. The molecule has 1 aromatic heterocycles. The first kappa shape index (κ1) is 10.9. The second kappa shape index (κ2) is 3.78. The first-order chi connectivity index (χ1) is 7.50. The molecule has 0 radical (unpaired) electrons. The van der Waals surface area contributed by atoms with Crippen molar-refractivity contribution in [3.8, 4) is 0 Å². The van der Waals surface area contributed by atoms with Gasteiger partial charge in [-0.15, -0.1) is 0 Å². The lowest BCUT2D eigenvalue weighted by molar-refractivity contribution is 0.809. The highest BCUT2D eigenvalue weighted by Crippen LogP contribution is 2.23. The van der Waals surface area contributed by atoms with Crippen molar-refractivity contribution in [3.05, 3.63) is 45.9 Å². The Morgan fingerprint density at radius 1 is 1.19 bits per heavy atom. The molecule has 0 amide bonds. The summed E-state index contributed by atoms with van der Waals surface area (Å²) in [6.45, 7) is 6.32. The summed E-state index contributed by atoms with van der Waals surface area (Å²) in [4.78, 5) is 12.0. The van der Waals surface area contributed by atoms with Gasteiger partial charge in [-0.05, 0) is 29.9 Å². The van der Waals surface area contributed by atoms with E-state index in [1.54, 1.807) is 4.57 Å². The zero-order chi connectivity index (χ0) is 11.9. The van der Waals surface area contributed by atoms with E-state index in [0.29, 0.717) is 5.92 Å². The van der Waals surface area contributed by atoms with Crippen molar-refractivity contribution in [2.75, 3.05) is 0 Å². The molecule has 0 atom stereocenters. The number of aromatic nitrogens is 1. The molecule has 1 aromatic carbocycles. The molecule has 0 saturated carbocycles. The lowest BCUT2D eigenvalue weighted by atomic mass is 9.97. The minimum atomic E-state index is 0.0862. The normalized spacial score (nSPS) is 11.3. The Morgan fingerprint density at radius 3 is 2.50 bits per heavy atom. The average Bonchev–Trinajstić information content (AvgIpc) is 2.23. The van der Waals surface area contributed by atoms with Crippen molar-refractivity contribution >= 4 is 10.8 Å². The Kier molecular flexibility index (Phi) is 2.58. The minimum Gasteiger partial charge on any atom is -0.318 e. The molecule has 0 unspecified atom stereocenters. The van der Waals surface area contributed by atoms with E-state index < -0.39 is 0 Å². The SMILES string of the molecule is Cc1ccc2c(C(C)C)cn(C)c(=O)c2c1. The highest BCUT2D eigenvalue weighted by molar-refractivity contribution is 5.85. The zero-order valence-corrected chi connectivity index (χ0v) is 10.2. The van der Waals surface area contributed by atoms with E-state index in [1.165, 1.54) is 5.56 Å². The van der Waals surface area contributed by atoms with Gasteiger partial charge in [0.05, 0.1) is 0 Å². The third kappa shape index (κ3) is 1.64. The van der Waals surface area contributed by atoms with Crippen molar-refractivity contribution in [3.63, 3.8) is 0 Å². The number of pyridine rings is 1. The summed E-state index contributed by atoms with van der Waals surface area (Å²) in [5, 5.41) is 1.91. The fourth-order valence-corrected chi connectivity index (χ4v) is 2.07. The number of hydrogen-bond donors (Lipinski definition) is 0. The molecule has 16 heavy (non-hydrogen) atoms. The zero-order valence-electron chi connectivity index (χ0n) is 10.2. The number of aryl methyl sites for hydroxylation is 2. The maximum atomic E-state index is 12.0. The van der Waals surface area contributed by atoms with Crippen LogP contribution in [0.2, 0.25) is 0 Å². The van der Waals surface area contributed by atoms with E-state index >= 15 is 0 Å². The molecule has 2 aromatic rings. The molecule has 0 spiro atoms. The van der Waals surface area contributed by atoms with Crippen LogP contribution in [0.15, 0.2) is 29.2 Å². The Balaban J connectivity index is 2.95. The van der Waals surface area contributed by atoms with Gasteiger partial charge in [-0.1, -0.05) is 31.5 Å². The summed E-state index contributed by atoms with van der Waals surface area (Å²) in [6.07, 6.45) is 1.95. The van der Waals surface area contributed by atoms with Gasteiger partial charge in [0, 0.05) is 18.6 Å². The number of nitrogens with zero attached hydrogens (tertiary/aromatic N) is 1. The lowest BCUT2D eigenvalue weighted by Gasteiger charge is -2.12. The summed E-state index contributed by atoms with van der Waals surface area (Å²) < 4.78 is 1.68. The van der Waals surface area contributed by atoms with Gasteiger partial charge in [0.1, 0.15) is 0 Å². The van der Waals surface area contributed by atoms with Crippen LogP contribution in [0.25, 0.3) is 10.8 Å². The lowest BCUT2D eigenvalue weighted by Crippen LogP contribution is -2.17. The van der Waals surface area contributed by atoms with Gasteiger partial charge >= 0.3 is 0 Å². The van der Waals surface area contributed by atoms with E-state index in [-0.39, 0.29) is 5.56 Å². The Bertz CT molecular complexity index is 593. The summed E-state index contributed by atoms with van der Waals surface area (Å²) in [6, 6.07) is 6.10. The van der Waals surface area contributed by atoms with Crippen molar-refractivity contribution in [2.45, 2.75) is 26.7 Å². The monoisotopic (exact) mass is 215 g/mol. The summed E-state index contributed by atoms with van der Waals surface area (Å²) in [5.74, 6) is 0.428. The highest BCUT2D eigenvalue weighted by atomic mass is 16.1. The molecule has 84 valence electrons. The molecule has 2 heteroatoms. The standard InChI is InChI=1S/C14H17NO/c1-9(2)13-8-15(4)14(16)12-7-10(3)5-6-11(12)13/h5-9H,1-4H3. The molecular weight excluding hydrogens is 198 g/mol. The summed E-state index contributed by atoms with van der Waals surface area (Å²) in [7, 11) is 1.82. The molecule has 0 N–H and O–H groups in total. The molecule has 0 saturated heterocycles.